The van der Waals surface area contributed by atoms with Crippen molar-refractivity contribution in [3.8, 4) is 11.1 Å². The van der Waals surface area contributed by atoms with E-state index in [1.807, 2.05) is 11.8 Å². The Balaban J connectivity index is 1.54. The molecule has 0 spiro atoms. The van der Waals surface area contributed by atoms with Crippen LogP contribution in [0.1, 0.15) is 17.5 Å². The molecule has 0 fully saturated rings. The van der Waals surface area contributed by atoms with Gasteiger partial charge in [-0.1, -0.05) is 103 Å². The molecule has 156 valence electrons. The van der Waals surface area contributed by atoms with Gasteiger partial charge >= 0.3 is 0 Å². The lowest BCUT2D eigenvalue weighted by molar-refractivity contribution is 1.09. The van der Waals surface area contributed by atoms with Crippen molar-refractivity contribution < 1.29 is 0 Å². The molecule has 0 radical (unpaired) electrons. The lowest BCUT2D eigenvalue weighted by Crippen LogP contribution is -2.04. The molecule has 2 aliphatic rings. The number of thioether (sulfide) groups is 1. The van der Waals surface area contributed by atoms with Crippen LogP contribution >= 0.6 is 11.8 Å². The van der Waals surface area contributed by atoms with E-state index in [0.717, 1.165) is 6.42 Å². The standard InChI is InChI=1S/C32H22S/c1-2-10-21(11-3-1)31-24-13-4-6-15-26(24)32(27-16-7-5-14-25(27)31)22-18-19-30-28(20-22)23-12-8-9-17-29(23)33-30/h1-18,20,30H,19H2. The van der Waals surface area contributed by atoms with Gasteiger partial charge in [0.25, 0.3) is 0 Å². The Kier molecular flexibility index (Phi) is 4.31. The van der Waals surface area contributed by atoms with Crippen LogP contribution in [-0.2, 0) is 0 Å². The zero-order chi connectivity index (χ0) is 21.8. The molecule has 0 N–H and O–H groups in total. The minimum absolute atomic E-state index is 0.535. The van der Waals surface area contributed by atoms with Gasteiger partial charge in [0.2, 0.25) is 0 Å². The number of allylic oxidation sites excluding steroid dienone is 3. The SMILES string of the molecule is C1=C(c2c3ccccc3c(-c3ccccc3)c3ccccc23)C=C2c3ccccc3SC2C1. The molecule has 0 nitrogen and oxygen atoms in total. The van der Waals surface area contributed by atoms with Crippen molar-refractivity contribution in [2.45, 2.75) is 16.6 Å². The number of fused-ring (bicyclic) bond motifs is 5. The van der Waals surface area contributed by atoms with Gasteiger partial charge in [0, 0.05) is 10.1 Å². The minimum Gasteiger partial charge on any atom is -0.117 e. The number of benzene rings is 5. The van der Waals surface area contributed by atoms with Crippen LogP contribution in [0.5, 0.6) is 0 Å². The van der Waals surface area contributed by atoms with Gasteiger partial charge in [-0.15, -0.1) is 11.8 Å². The van der Waals surface area contributed by atoms with E-state index in [9.17, 15) is 0 Å². The van der Waals surface area contributed by atoms with Crippen LogP contribution in [0.25, 0.3) is 43.8 Å². The molecule has 0 bridgehead atoms. The van der Waals surface area contributed by atoms with Crippen molar-refractivity contribution in [2.75, 3.05) is 0 Å². The second-order valence-corrected chi connectivity index (χ2v) is 10.0. The van der Waals surface area contributed by atoms with Gasteiger partial charge in [-0.3, -0.25) is 0 Å². The normalized spacial score (nSPS) is 16.9. The summed E-state index contributed by atoms with van der Waals surface area (Å²) in [4.78, 5) is 1.41. The third-order valence-corrected chi connectivity index (χ3v) is 8.30. The number of rotatable bonds is 2. The summed E-state index contributed by atoms with van der Waals surface area (Å²) >= 11 is 2.01. The Morgan fingerprint density at radius 3 is 1.85 bits per heavy atom. The molecule has 5 aromatic rings. The fourth-order valence-corrected chi connectivity index (χ4v) is 6.82. The monoisotopic (exact) mass is 438 g/mol. The van der Waals surface area contributed by atoms with Crippen LogP contribution in [0, 0.1) is 0 Å². The number of hydrogen-bond acceptors (Lipinski definition) is 1. The summed E-state index contributed by atoms with van der Waals surface area (Å²) in [5, 5.41) is 5.83. The first-order chi connectivity index (χ1) is 16.4. The maximum absolute atomic E-state index is 2.46. The lowest BCUT2D eigenvalue weighted by Gasteiger charge is -2.22. The summed E-state index contributed by atoms with van der Waals surface area (Å²) in [5.74, 6) is 0. The molecule has 5 aromatic carbocycles. The van der Waals surface area contributed by atoms with Gasteiger partial charge in [-0.2, -0.15) is 0 Å². The summed E-state index contributed by atoms with van der Waals surface area (Å²) < 4.78 is 0. The van der Waals surface area contributed by atoms with E-state index >= 15 is 0 Å². The van der Waals surface area contributed by atoms with Crippen molar-refractivity contribution in [1.82, 2.24) is 0 Å². The van der Waals surface area contributed by atoms with Crippen LogP contribution in [0.15, 0.2) is 120 Å². The highest BCUT2D eigenvalue weighted by atomic mass is 32.2. The summed E-state index contributed by atoms with van der Waals surface area (Å²) in [7, 11) is 0. The van der Waals surface area contributed by atoms with Gasteiger partial charge < -0.3 is 0 Å². The third kappa shape index (κ3) is 2.93. The van der Waals surface area contributed by atoms with E-state index in [1.165, 1.54) is 59.8 Å². The molecular weight excluding hydrogens is 416 g/mol. The van der Waals surface area contributed by atoms with Crippen LogP contribution < -0.4 is 0 Å². The highest BCUT2D eigenvalue weighted by Gasteiger charge is 2.30. The molecule has 33 heavy (non-hydrogen) atoms. The maximum atomic E-state index is 2.46. The summed E-state index contributed by atoms with van der Waals surface area (Å²) in [5.41, 5.74) is 8.20. The number of hydrogen-bond donors (Lipinski definition) is 0. The Morgan fingerprint density at radius 2 is 1.15 bits per heavy atom. The zero-order valence-corrected chi connectivity index (χ0v) is 19.0. The quantitative estimate of drug-likeness (QED) is 0.248. The van der Waals surface area contributed by atoms with E-state index in [-0.39, 0.29) is 0 Å². The van der Waals surface area contributed by atoms with E-state index in [0.29, 0.717) is 5.25 Å². The first-order valence-corrected chi connectivity index (χ1v) is 12.4. The molecule has 0 amide bonds. The third-order valence-electron chi connectivity index (χ3n) is 6.96. The largest absolute Gasteiger partial charge is 0.117 e. The van der Waals surface area contributed by atoms with Crippen LogP contribution in [0.2, 0.25) is 0 Å². The van der Waals surface area contributed by atoms with E-state index in [1.54, 1.807) is 0 Å². The molecule has 1 atom stereocenters. The topological polar surface area (TPSA) is 0 Å². The fraction of sp³-hybridized carbons (Fsp3) is 0.0625. The predicted molar refractivity (Wildman–Crippen MR) is 144 cm³/mol. The molecule has 1 heterocycles. The first-order valence-electron chi connectivity index (χ1n) is 11.6. The molecule has 0 aromatic heterocycles. The molecule has 1 heteroatoms. The molecule has 7 rings (SSSR count). The first kappa shape index (κ1) is 19.0. The molecule has 0 saturated carbocycles. The Morgan fingerprint density at radius 1 is 0.576 bits per heavy atom. The summed E-state index contributed by atoms with van der Waals surface area (Å²) in [6, 6.07) is 37.5. The molecule has 1 aliphatic carbocycles. The smallest absolute Gasteiger partial charge is 0.0386 e. The van der Waals surface area contributed by atoms with Gasteiger partial charge in [0.05, 0.1) is 0 Å². The van der Waals surface area contributed by atoms with E-state index < -0.39 is 0 Å². The minimum atomic E-state index is 0.535. The van der Waals surface area contributed by atoms with Crippen molar-refractivity contribution in [3.05, 3.63) is 126 Å². The van der Waals surface area contributed by atoms with Gasteiger partial charge in [0.1, 0.15) is 0 Å². The van der Waals surface area contributed by atoms with Gasteiger partial charge in [-0.25, -0.2) is 0 Å². The molecular formula is C32H22S. The van der Waals surface area contributed by atoms with Crippen molar-refractivity contribution in [2.24, 2.45) is 0 Å². The Labute approximate surface area is 198 Å². The molecule has 1 unspecified atom stereocenters. The van der Waals surface area contributed by atoms with Crippen LogP contribution in [0.4, 0.5) is 0 Å². The maximum Gasteiger partial charge on any atom is 0.0386 e. The molecule has 0 saturated heterocycles. The Hall–Kier alpha value is -3.55. The highest BCUT2D eigenvalue weighted by Crippen LogP contribution is 2.51. The van der Waals surface area contributed by atoms with Crippen molar-refractivity contribution >= 4 is 44.5 Å². The Bertz CT molecular complexity index is 1550. The van der Waals surface area contributed by atoms with E-state index in [2.05, 4.69) is 115 Å². The van der Waals surface area contributed by atoms with Crippen LogP contribution in [0.3, 0.4) is 0 Å². The van der Waals surface area contributed by atoms with Crippen molar-refractivity contribution in [3.63, 3.8) is 0 Å². The second-order valence-electron chi connectivity index (χ2n) is 8.80. The summed E-state index contributed by atoms with van der Waals surface area (Å²) in [6.45, 7) is 0. The molecule has 1 aliphatic heterocycles. The second kappa shape index (κ2) is 7.50. The zero-order valence-electron chi connectivity index (χ0n) is 18.2. The predicted octanol–water partition coefficient (Wildman–Crippen LogP) is 9.00. The summed E-state index contributed by atoms with van der Waals surface area (Å²) in [6.07, 6.45) is 6.00. The lowest BCUT2D eigenvalue weighted by atomic mass is 9.83. The average molecular weight is 439 g/mol. The van der Waals surface area contributed by atoms with Gasteiger partial charge in [-0.05, 0) is 73.5 Å². The van der Waals surface area contributed by atoms with Gasteiger partial charge in [0.15, 0.2) is 0 Å². The average Bonchev–Trinajstić information content (AvgIpc) is 3.25. The fourth-order valence-electron chi connectivity index (χ4n) is 5.53. The van der Waals surface area contributed by atoms with Crippen molar-refractivity contribution in [1.29, 1.82) is 0 Å². The highest BCUT2D eigenvalue weighted by molar-refractivity contribution is 8.00. The van der Waals surface area contributed by atoms with Crippen LogP contribution in [-0.4, -0.2) is 5.25 Å². The van der Waals surface area contributed by atoms with E-state index in [4.69, 9.17) is 0 Å².